The van der Waals surface area contributed by atoms with Gasteiger partial charge in [0.05, 0.1) is 13.2 Å². The third-order valence-electron chi connectivity index (χ3n) is 1.81. The van der Waals surface area contributed by atoms with Crippen molar-refractivity contribution in [3.05, 3.63) is 0 Å². The number of alkyl carbamates (subject to hydrolysis) is 1. The predicted octanol–water partition coefficient (Wildman–Crippen LogP) is 2.13. The number of rotatable bonds is 7. The fourth-order valence-electron chi connectivity index (χ4n) is 1.03. The maximum atomic E-state index is 11.5. The quantitative estimate of drug-likeness (QED) is 0.431. The zero-order chi connectivity index (χ0) is 13.3. The topological polar surface area (TPSA) is 64.6 Å². The molecule has 0 aromatic rings. The standard InChI is InChI=1S/C11H20INO4/c1-4-16-10(14)9(5-6-12)13-11(15)17-7-8(2)3/h8-9H,4-7H2,1-3H3,(H,13,15). The minimum Gasteiger partial charge on any atom is -0.464 e. The van der Waals surface area contributed by atoms with Crippen LogP contribution in [0.25, 0.3) is 0 Å². The number of halogens is 1. The molecular weight excluding hydrogens is 337 g/mol. The molecule has 0 saturated heterocycles. The van der Waals surface area contributed by atoms with E-state index in [2.05, 4.69) is 27.9 Å². The van der Waals surface area contributed by atoms with Crippen LogP contribution in [0.4, 0.5) is 4.79 Å². The maximum Gasteiger partial charge on any atom is 0.407 e. The van der Waals surface area contributed by atoms with Gasteiger partial charge in [-0.25, -0.2) is 9.59 Å². The molecule has 6 heteroatoms. The monoisotopic (exact) mass is 357 g/mol. The number of hydrogen-bond donors (Lipinski definition) is 1. The van der Waals surface area contributed by atoms with Crippen molar-refractivity contribution >= 4 is 34.7 Å². The fourth-order valence-corrected chi connectivity index (χ4v) is 1.65. The Morgan fingerprint density at radius 3 is 2.41 bits per heavy atom. The first kappa shape index (κ1) is 16.5. The van der Waals surface area contributed by atoms with Crippen LogP contribution >= 0.6 is 22.6 Å². The zero-order valence-corrected chi connectivity index (χ0v) is 12.7. The summed E-state index contributed by atoms with van der Waals surface area (Å²) in [5.74, 6) is -0.142. The molecule has 17 heavy (non-hydrogen) atoms. The Hall–Kier alpha value is -0.530. The molecule has 0 aliphatic rings. The first-order valence-corrected chi connectivity index (χ1v) is 7.19. The summed E-state index contributed by atoms with van der Waals surface area (Å²) in [5, 5.41) is 2.52. The summed E-state index contributed by atoms with van der Waals surface area (Å²) in [7, 11) is 0. The van der Waals surface area contributed by atoms with Gasteiger partial charge < -0.3 is 14.8 Å². The average Bonchev–Trinajstić information content (AvgIpc) is 2.26. The largest absolute Gasteiger partial charge is 0.464 e. The molecule has 1 unspecified atom stereocenters. The van der Waals surface area contributed by atoms with Gasteiger partial charge in [0.25, 0.3) is 0 Å². The molecule has 0 spiro atoms. The van der Waals surface area contributed by atoms with Gasteiger partial charge in [-0.3, -0.25) is 0 Å². The molecule has 1 atom stereocenters. The minimum atomic E-state index is -0.619. The lowest BCUT2D eigenvalue weighted by molar-refractivity contribution is -0.145. The highest BCUT2D eigenvalue weighted by Crippen LogP contribution is 2.01. The van der Waals surface area contributed by atoms with Crippen molar-refractivity contribution < 1.29 is 19.1 Å². The predicted molar refractivity (Wildman–Crippen MR) is 73.2 cm³/mol. The van der Waals surface area contributed by atoms with Gasteiger partial charge in [-0.15, -0.1) is 0 Å². The van der Waals surface area contributed by atoms with Crippen LogP contribution < -0.4 is 5.32 Å². The van der Waals surface area contributed by atoms with Crippen molar-refractivity contribution in [1.82, 2.24) is 5.32 Å². The van der Waals surface area contributed by atoms with Crippen molar-refractivity contribution in [1.29, 1.82) is 0 Å². The van der Waals surface area contributed by atoms with Gasteiger partial charge in [0, 0.05) is 4.43 Å². The number of carbonyl (C=O) groups is 2. The van der Waals surface area contributed by atoms with E-state index in [9.17, 15) is 9.59 Å². The van der Waals surface area contributed by atoms with E-state index in [0.717, 1.165) is 4.43 Å². The van der Waals surface area contributed by atoms with E-state index in [0.29, 0.717) is 19.6 Å². The Kier molecular flexibility index (Phi) is 9.20. The molecule has 0 aromatic heterocycles. The Balaban J connectivity index is 4.14. The van der Waals surface area contributed by atoms with E-state index in [-0.39, 0.29) is 5.92 Å². The molecule has 100 valence electrons. The molecule has 0 bridgehead atoms. The second-order valence-corrected chi connectivity index (χ2v) is 5.00. The molecule has 0 heterocycles. The summed E-state index contributed by atoms with van der Waals surface area (Å²) >= 11 is 2.14. The van der Waals surface area contributed by atoms with Crippen molar-refractivity contribution in [2.75, 3.05) is 17.6 Å². The van der Waals surface area contributed by atoms with E-state index in [1.54, 1.807) is 6.92 Å². The summed E-state index contributed by atoms with van der Waals surface area (Å²) in [6.45, 7) is 6.27. The van der Waals surface area contributed by atoms with Gasteiger partial charge in [0.1, 0.15) is 6.04 Å². The third kappa shape index (κ3) is 8.23. The molecule has 0 saturated carbocycles. The summed E-state index contributed by atoms with van der Waals surface area (Å²) in [6, 6.07) is -0.619. The number of hydrogen-bond acceptors (Lipinski definition) is 4. The van der Waals surface area contributed by atoms with E-state index in [4.69, 9.17) is 9.47 Å². The molecule has 0 aliphatic heterocycles. The van der Waals surface area contributed by atoms with Crippen LogP contribution in [0.2, 0.25) is 0 Å². The van der Waals surface area contributed by atoms with Gasteiger partial charge in [0.2, 0.25) is 0 Å². The highest BCUT2D eigenvalue weighted by atomic mass is 127. The second kappa shape index (κ2) is 9.49. The van der Waals surface area contributed by atoms with Crippen LogP contribution in [0.5, 0.6) is 0 Å². The van der Waals surface area contributed by atoms with Crippen molar-refractivity contribution in [2.45, 2.75) is 33.2 Å². The average molecular weight is 357 g/mol. The summed E-state index contributed by atoms with van der Waals surface area (Å²) in [5.41, 5.74) is 0. The molecule has 1 amide bonds. The molecule has 1 N–H and O–H groups in total. The van der Waals surface area contributed by atoms with E-state index >= 15 is 0 Å². The second-order valence-electron chi connectivity index (χ2n) is 3.92. The zero-order valence-electron chi connectivity index (χ0n) is 10.5. The summed E-state index contributed by atoms with van der Waals surface area (Å²) in [4.78, 5) is 22.9. The van der Waals surface area contributed by atoms with Crippen LogP contribution in [0, 0.1) is 5.92 Å². The molecule has 0 rings (SSSR count). The van der Waals surface area contributed by atoms with Gasteiger partial charge in [0.15, 0.2) is 0 Å². The Morgan fingerprint density at radius 1 is 1.29 bits per heavy atom. The Bertz CT molecular complexity index is 246. The lowest BCUT2D eigenvalue weighted by atomic mass is 10.2. The van der Waals surface area contributed by atoms with Crippen molar-refractivity contribution in [3.8, 4) is 0 Å². The van der Waals surface area contributed by atoms with Gasteiger partial charge in [-0.2, -0.15) is 0 Å². The lowest BCUT2D eigenvalue weighted by Gasteiger charge is -2.16. The molecular formula is C11H20INO4. The first-order chi connectivity index (χ1) is 8.01. The van der Waals surface area contributed by atoms with Crippen LogP contribution in [0.15, 0.2) is 0 Å². The van der Waals surface area contributed by atoms with E-state index in [1.807, 2.05) is 13.8 Å². The third-order valence-corrected chi connectivity index (χ3v) is 2.43. The van der Waals surface area contributed by atoms with Crippen LogP contribution in [-0.4, -0.2) is 35.7 Å². The van der Waals surface area contributed by atoms with Gasteiger partial charge >= 0.3 is 12.1 Å². The first-order valence-electron chi connectivity index (χ1n) is 5.67. The summed E-state index contributed by atoms with van der Waals surface area (Å²) in [6.07, 6.45) is -0.0301. The molecule has 0 radical (unpaired) electrons. The highest BCUT2D eigenvalue weighted by molar-refractivity contribution is 14.1. The van der Waals surface area contributed by atoms with Crippen LogP contribution in [0.1, 0.15) is 27.2 Å². The summed E-state index contributed by atoms with van der Waals surface area (Å²) < 4.78 is 10.6. The van der Waals surface area contributed by atoms with Crippen molar-refractivity contribution in [2.24, 2.45) is 5.92 Å². The smallest absolute Gasteiger partial charge is 0.407 e. The number of amides is 1. The van der Waals surface area contributed by atoms with Crippen molar-refractivity contribution in [3.63, 3.8) is 0 Å². The van der Waals surface area contributed by atoms with Crippen LogP contribution in [-0.2, 0) is 14.3 Å². The number of nitrogens with one attached hydrogen (secondary N) is 1. The number of alkyl halides is 1. The lowest BCUT2D eigenvalue weighted by Crippen LogP contribution is -2.42. The molecule has 0 aliphatic carbocycles. The van der Waals surface area contributed by atoms with E-state index in [1.165, 1.54) is 0 Å². The van der Waals surface area contributed by atoms with E-state index < -0.39 is 18.1 Å². The Morgan fingerprint density at radius 2 is 1.94 bits per heavy atom. The number of carbonyl (C=O) groups excluding carboxylic acids is 2. The minimum absolute atomic E-state index is 0.270. The maximum absolute atomic E-state index is 11.5. The van der Waals surface area contributed by atoms with Gasteiger partial charge in [-0.1, -0.05) is 36.4 Å². The Labute approximate surface area is 116 Å². The normalized spacial score (nSPS) is 12.1. The number of esters is 1. The molecule has 0 fully saturated rings. The van der Waals surface area contributed by atoms with Crippen LogP contribution in [0.3, 0.4) is 0 Å². The highest BCUT2D eigenvalue weighted by Gasteiger charge is 2.21. The molecule has 0 aromatic carbocycles. The fraction of sp³-hybridized carbons (Fsp3) is 0.818. The number of ether oxygens (including phenoxy) is 2. The SMILES string of the molecule is CCOC(=O)C(CCI)NC(=O)OCC(C)C. The molecule has 5 nitrogen and oxygen atoms in total. The van der Waals surface area contributed by atoms with Gasteiger partial charge in [-0.05, 0) is 19.3 Å².